The highest BCUT2D eigenvalue weighted by molar-refractivity contribution is 6.04. The van der Waals surface area contributed by atoms with E-state index in [0.29, 0.717) is 6.42 Å². The van der Waals surface area contributed by atoms with Crippen LogP contribution in [0.5, 0.6) is 5.75 Å². The Hall–Kier alpha value is -3.62. The van der Waals surface area contributed by atoms with Crippen LogP contribution in [-0.4, -0.2) is 15.9 Å². The Kier molecular flexibility index (Phi) is 4.57. The quantitative estimate of drug-likeness (QED) is 0.497. The van der Waals surface area contributed by atoms with Crippen LogP contribution in [0.4, 0.5) is 17.6 Å². The molecular formula is C20H13F4N3O2. The lowest BCUT2D eigenvalue weighted by molar-refractivity contribution is 0.100. The number of aromatic nitrogens is 2. The summed E-state index contributed by atoms with van der Waals surface area (Å²) < 4.78 is 63.5. The minimum Gasteiger partial charge on any atom is -0.451 e. The van der Waals surface area contributed by atoms with Gasteiger partial charge in [-0.1, -0.05) is 12.1 Å². The van der Waals surface area contributed by atoms with E-state index >= 15 is 0 Å². The third-order valence-electron chi connectivity index (χ3n) is 4.42. The molecule has 0 aliphatic heterocycles. The van der Waals surface area contributed by atoms with Gasteiger partial charge >= 0.3 is 0 Å². The van der Waals surface area contributed by atoms with Gasteiger partial charge < -0.3 is 15.5 Å². The smallest absolute Gasteiger partial charge is 0.250 e. The molecule has 1 aliphatic carbocycles. The molecule has 1 aromatic heterocycles. The number of primary amides is 1. The molecule has 5 nitrogen and oxygen atoms in total. The fourth-order valence-corrected chi connectivity index (χ4v) is 3.04. The molecule has 1 heterocycles. The number of H-pyrrole nitrogens is 1. The molecule has 3 N–H and O–H groups in total. The number of amides is 1. The average Bonchev–Trinajstić information content (AvgIpc) is 3.14. The molecule has 0 bridgehead atoms. The number of ether oxygens (including phenoxy) is 1. The number of nitrogens with zero attached hydrogens (tertiary/aromatic N) is 1. The maximum Gasteiger partial charge on any atom is 0.250 e. The zero-order chi connectivity index (χ0) is 20.7. The van der Waals surface area contributed by atoms with Crippen molar-refractivity contribution in [3.05, 3.63) is 71.0 Å². The van der Waals surface area contributed by atoms with Crippen molar-refractivity contribution < 1.29 is 27.1 Å². The Morgan fingerprint density at radius 3 is 2.41 bits per heavy atom. The van der Waals surface area contributed by atoms with E-state index in [1.54, 1.807) is 12.2 Å². The number of allylic oxidation sites excluding steroid dienone is 3. The zero-order valence-corrected chi connectivity index (χ0v) is 14.7. The summed E-state index contributed by atoms with van der Waals surface area (Å²) in [4.78, 5) is 18.0. The van der Waals surface area contributed by atoms with Crippen molar-refractivity contribution in [2.45, 2.75) is 12.8 Å². The molecule has 0 saturated carbocycles. The molecule has 1 aliphatic rings. The standard InChI is InChI=1S/C20H13F4N3O2/c21-13-12(20-26-11-8-4-7-10(19(25)28)17(11)27-20)14(22)16(24)18(15(13)23)29-9-5-2-1-3-6-9/h2,4-8H,1,3H2,(H2,25,28)(H,26,27). The van der Waals surface area contributed by atoms with E-state index in [1.165, 1.54) is 24.3 Å². The van der Waals surface area contributed by atoms with E-state index in [9.17, 15) is 22.4 Å². The molecule has 0 spiro atoms. The zero-order valence-electron chi connectivity index (χ0n) is 14.7. The molecule has 9 heteroatoms. The number of carbonyl (C=O) groups excluding carboxylic acids is 1. The van der Waals surface area contributed by atoms with Crippen molar-refractivity contribution in [3.63, 3.8) is 0 Å². The van der Waals surface area contributed by atoms with Crippen LogP contribution in [-0.2, 0) is 0 Å². The van der Waals surface area contributed by atoms with Crippen LogP contribution in [0.1, 0.15) is 23.2 Å². The lowest BCUT2D eigenvalue weighted by Gasteiger charge is -2.13. The van der Waals surface area contributed by atoms with E-state index in [1.807, 2.05) is 0 Å². The third-order valence-corrected chi connectivity index (χ3v) is 4.42. The number of fused-ring (bicyclic) bond motifs is 1. The van der Waals surface area contributed by atoms with Crippen molar-refractivity contribution in [2.24, 2.45) is 5.73 Å². The summed E-state index contributed by atoms with van der Waals surface area (Å²) >= 11 is 0. The number of benzene rings is 2. The first-order valence-corrected chi connectivity index (χ1v) is 8.58. The van der Waals surface area contributed by atoms with E-state index in [-0.39, 0.29) is 22.4 Å². The number of hydrogen-bond acceptors (Lipinski definition) is 3. The Morgan fingerprint density at radius 1 is 1.07 bits per heavy atom. The van der Waals surface area contributed by atoms with Crippen molar-refractivity contribution in [2.75, 3.05) is 0 Å². The number of imidazole rings is 1. The highest BCUT2D eigenvalue weighted by Gasteiger charge is 2.30. The maximum absolute atomic E-state index is 14.7. The van der Waals surface area contributed by atoms with Crippen molar-refractivity contribution in [3.8, 4) is 17.1 Å². The molecule has 0 unspecified atom stereocenters. The van der Waals surface area contributed by atoms with Gasteiger partial charge in [0.25, 0.3) is 5.91 Å². The highest BCUT2D eigenvalue weighted by atomic mass is 19.2. The van der Waals surface area contributed by atoms with Crippen LogP contribution in [0.2, 0.25) is 0 Å². The molecule has 3 aromatic rings. The molecule has 0 fully saturated rings. The number of hydrogen-bond donors (Lipinski definition) is 2. The monoisotopic (exact) mass is 403 g/mol. The predicted octanol–water partition coefficient (Wildman–Crippen LogP) is 4.50. The van der Waals surface area contributed by atoms with Gasteiger partial charge in [0.1, 0.15) is 17.1 Å². The van der Waals surface area contributed by atoms with Crippen molar-refractivity contribution in [1.29, 1.82) is 0 Å². The first kappa shape index (κ1) is 18.7. The molecule has 0 saturated heterocycles. The lowest BCUT2D eigenvalue weighted by Crippen LogP contribution is -2.11. The van der Waals surface area contributed by atoms with Crippen molar-refractivity contribution >= 4 is 16.9 Å². The molecule has 148 valence electrons. The molecule has 0 radical (unpaired) electrons. The summed E-state index contributed by atoms with van der Waals surface area (Å²) in [6, 6.07) is 4.31. The summed E-state index contributed by atoms with van der Waals surface area (Å²) in [5.41, 5.74) is 4.43. The Balaban J connectivity index is 1.86. The van der Waals surface area contributed by atoms with Crippen LogP contribution in [0, 0.1) is 23.3 Å². The number of carbonyl (C=O) groups is 1. The van der Waals surface area contributed by atoms with Crippen molar-refractivity contribution in [1.82, 2.24) is 9.97 Å². The topological polar surface area (TPSA) is 81.0 Å². The largest absolute Gasteiger partial charge is 0.451 e. The predicted molar refractivity (Wildman–Crippen MR) is 97.0 cm³/mol. The van der Waals surface area contributed by atoms with E-state index < -0.39 is 46.3 Å². The summed E-state index contributed by atoms with van der Waals surface area (Å²) in [7, 11) is 0. The minimum absolute atomic E-state index is 0.0114. The molecule has 2 aromatic carbocycles. The SMILES string of the molecule is NC(=O)c1cccc2[nH]c(-c3c(F)c(F)c(OC4=CCCC=C4)c(F)c3F)nc12. The van der Waals surface area contributed by atoms with E-state index in [0.717, 1.165) is 6.42 Å². The summed E-state index contributed by atoms with van der Waals surface area (Å²) in [6.07, 6.45) is 6.00. The van der Waals surface area contributed by atoms with Gasteiger partial charge in [-0.3, -0.25) is 4.79 Å². The summed E-state index contributed by atoms with van der Waals surface area (Å²) in [6.45, 7) is 0. The van der Waals surface area contributed by atoms with Gasteiger partial charge in [0.15, 0.2) is 11.6 Å². The number of rotatable bonds is 4. The summed E-state index contributed by atoms with van der Waals surface area (Å²) in [5.74, 6) is -9.18. The number of aromatic amines is 1. The Bertz CT molecular complexity index is 1190. The number of nitrogens with one attached hydrogen (secondary N) is 1. The lowest BCUT2D eigenvalue weighted by atomic mass is 10.1. The highest BCUT2D eigenvalue weighted by Crippen LogP contribution is 2.36. The van der Waals surface area contributed by atoms with Crippen LogP contribution in [0.15, 0.2) is 42.2 Å². The molecular weight excluding hydrogens is 390 g/mol. The first-order chi connectivity index (χ1) is 13.9. The molecule has 1 amide bonds. The molecule has 0 atom stereocenters. The van der Waals surface area contributed by atoms with Gasteiger partial charge in [-0.2, -0.15) is 8.78 Å². The maximum atomic E-state index is 14.7. The van der Waals surface area contributed by atoms with E-state index in [4.69, 9.17) is 10.5 Å². The Labute approximate surface area is 161 Å². The second-order valence-corrected chi connectivity index (χ2v) is 6.30. The number of halogens is 4. The van der Waals surface area contributed by atoms with Gasteiger partial charge in [0.05, 0.1) is 16.6 Å². The van der Waals surface area contributed by atoms with Crippen LogP contribution in [0.25, 0.3) is 22.4 Å². The molecule has 4 rings (SSSR count). The normalized spacial score (nSPS) is 13.6. The van der Waals surface area contributed by atoms with Crippen LogP contribution in [0.3, 0.4) is 0 Å². The van der Waals surface area contributed by atoms with E-state index in [2.05, 4.69) is 9.97 Å². The van der Waals surface area contributed by atoms with Crippen LogP contribution < -0.4 is 10.5 Å². The second kappa shape index (κ2) is 7.08. The van der Waals surface area contributed by atoms with Gasteiger partial charge in [0.2, 0.25) is 17.4 Å². The van der Waals surface area contributed by atoms with Gasteiger partial charge in [-0.25, -0.2) is 13.8 Å². The van der Waals surface area contributed by atoms with Gasteiger partial charge in [0, 0.05) is 0 Å². The van der Waals surface area contributed by atoms with Gasteiger partial charge in [-0.05, 0) is 37.1 Å². The van der Waals surface area contributed by atoms with Gasteiger partial charge in [-0.15, -0.1) is 0 Å². The average molecular weight is 403 g/mol. The first-order valence-electron chi connectivity index (χ1n) is 8.58. The number of para-hydroxylation sites is 1. The summed E-state index contributed by atoms with van der Waals surface area (Å²) in [5, 5.41) is 0. The fourth-order valence-electron chi connectivity index (χ4n) is 3.04. The molecule has 29 heavy (non-hydrogen) atoms. The number of nitrogens with two attached hydrogens (primary N) is 1. The fraction of sp³-hybridized carbons (Fsp3) is 0.100. The Morgan fingerprint density at radius 2 is 1.79 bits per heavy atom. The second-order valence-electron chi connectivity index (χ2n) is 6.30. The minimum atomic E-state index is -1.70. The van der Waals surface area contributed by atoms with Crippen LogP contribution >= 0.6 is 0 Å². The third kappa shape index (κ3) is 3.14.